The highest BCUT2D eigenvalue weighted by molar-refractivity contribution is 6.32. The zero-order valence-corrected chi connectivity index (χ0v) is 23.8. The topological polar surface area (TPSA) is 106 Å². The summed E-state index contributed by atoms with van der Waals surface area (Å²) in [7, 11) is 1.52. The molecule has 1 aliphatic heterocycles. The van der Waals surface area contributed by atoms with Gasteiger partial charge in [-0.15, -0.1) is 0 Å². The van der Waals surface area contributed by atoms with E-state index in [9.17, 15) is 14.0 Å². The van der Waals surface area contributed by atoms with Gasteiger partial charge in [0.25, 0.3) is 5.56 Å². The summed E-state index contributed by atoms with van der Waals surface area (Å²) in [5.41, 5.74) is 5.15. The SMILES string of the molecule is COc1ccc(C(=C=O)CNc2cc[nH]c(=O)c2-c2nc3c(C)cc(N4CCN(CCCF)CC4)cc3[nH]2)cc1Cl. The number of rotatable bonds is 10. The smallest absolute Gasteiger partial charge is 0.261 e. The number of fused-ring (bicyclic) bond motifs is 1. The van der Waals surface area contributed by atoms with Crippen LogP contribution in [0, 0.1) is 6.92 Å². The standard InChI is InChI=1S/C30H32ClFN6O3/c1-19-14-22(38-12-10-37(11-13-38)9-3-7-32)16-25-28(19)36-29(35-25)27-24(6-8-33-30(27)40)34-17-21(18-39)20-4-5-26(41-2)23(31)15-20/h4-6,8,14-16H,3,7,9-13,17H2,1-2H3,(H,35,36)(H2,33,34,40). The summed E-state index contributed by atoms with van der Waals surface area (Å²) in [6, 6.07) is 11.0. The Balaban J connectivity index is 1.39. The van der Waals surface area contributed by atoms with Crippen LogP contribution in [0.1, 0.15) is 17.5 Å². The number of aryl methyl sites for hydroxylation is 1. The number of ether oxygens (including phenoxy) is 1. The predicted octanol–water partition coefficient (Wildman–Crippen LogP) is 4.70. The number of aromatic amines is 2. The number of anilines is 2. The number of methoxy groups -OCH3 is 1. The predicted molar refractivity (Wildman–Crippen MR) is 162 cm³/mol. The maximum Gasteiger partial charge on any atom is 0.261 e. The van der Waals surface area contributed by atoms with Crippen molar-refractivity contribution in [3.05, 3.63) is 69.1 Å². The second kappa shape index (κ2) is 12.6. The molecule has 1 saturated heterocycles. The number of halogens is 2. The maximum atomic E-state index is 13.0. The van der Waals surface area contributed by atoms with Gasteiger partial charge in [-0.3, -0.25) is 14.1 Å². The third-order valence-electron chi connectivity index (χ3n) is 7.38. The zero-order valence-electron chi connectivity index (χ0n) is 23.0. The van der Waals surface area contributed by atoms with Crippen molar-refractivity contribution in [3.8, 4) is 17.1 Å². The minimum atomic E-state index is -0.319. The van der Waals surface area contributed by atoms with Gasteiger partial charge in [0.15, 0.2) is 0 Å². The normalized spacial score (nSPS) is 13.8. The second-order valence-corrected chi connectivity index (χ2v) is 10.4. The van der Waals surface area contributed by atoms with E-state index in [1.54, 1.807) is 30.5 Å². The first-order chi connectivity index (χ1) is 19.9. The van der Waals surface area contributed by atoms with Crippen LogP contribution in [0.2, 0.25) is 5.02 Å². The Bertz CT molecular complexity index is 1650. The molecule has 1 fully saturated rings. The number of nitrogens with zero attached hydrogens (tertiary/aromatic N) is 3. The average Bonchev–Trinajstić information content (AvgIpc) is 3.41. The lowest BCUT2D eigenvalue weighted by molar-refractivity contribution is 0.245. The van der Waals surface area contributed by atoms with Gasteiger partial charge in [-0.05, 0) is 54.8 Å². The molecule has 0 aliphatic carbocycles. The molecule has 3 heterocycles. The van der Waals surface area contributed by atoms with E-state index in [1.807, 2.05) is 12.9 Å². The first-order valence-corrected chi connectivity index (χ1v) is 13.9. The molecular formula is C30H32ClFN6O3. The minimum absolute atomic E-state index is 0.114. The van der Waals surface area contributed by atoms with Gasteiger partial charge in [0.05, 0.1) is 47.6 Å². The lowest BCUT2D eigenvalue weighted by Gasteiger charge is -2.36. The van der Waals surface area contributed by atoms with Crippen LogP contribution in [0.15, 0.2) is 47.4 Å². The van der Waals surface area contributed by atoms with E-state index in [1.165, 1.54) is 7.11 Å². The molecule has 5 rings (SSSR count). The molecule has 41 heavy (non-hydrogen) atoms. The molecule has 4 aromatic rings. The van der Waals surface area contributed by atoms with Gasteiger partial charge in [0, 0.05) is 44.6 Å². The van der Waals surface area contributed by atoms with E-state index < -0.39 is 0 Å². The van der Waals surface area contributed by atoms with Crippen LogP contribution in [-0.4, -0.2) is 78.8 Å². The van der Waals surface area contributed by atoms with Crippen molar-refractivity contribution in [3.63, 3.8) is 0 Å². The van der Waals surface area contributed by atoms with Crippen LogP contribution >= 0.6 is 11.6 Å². The van der Waals surface area contributed by atoms with Gasteiger partial charge in [-0.25, -0.2) is 9.78 Å². The quantitative estimate of drug-likeness (QED) is 0.234. The number of pyridine rings is 1. The Morgan fingerprint density at radius 1 is 1.20 bits per heavy atom. The van der Waals surface area contributed by atoms with Crippen LogP contribution in [0.25, 0.3) is 28.0 Å². The van der Waals surface area contributed by atoms with Gasteiger partial charge >= 0.3 is 0 Å². The number of nitrogens with one attached hydrogen (secondary N) is 3. The van der Waals surface area contributed by atoms with Crippen molar-refractivity contribution in [2.75, 3.05) is 63.3 Å². The van der Waals surface area contributed by atoms with Crippen molar-refractivity contribution in [1.29, 1.82) is 0 Å². The summed E-state index contributed by atoms with van der Waals surface area (Å²) in [6.07, 6.45) is 2.11. The number of piperazine rings is 1. The van der Waals surface area contributed by atoms with E-state index in [0.29, 0.717) is 45.4 Å². The van der Waals surface area contributed by atoms with Crippen LogP contribution in [-0.2, 0) is 4.79 Å². The molecule has 0 radical (unpaired) electrons. The Morgan fingerprint density at radius 3 is 2.71 bits per heavy atom. The van der Waals surface area contributed by atoms with Crippen molar-refractivity contribution < 1.29 is 13.9 Å². The van der Waals surface area contributed by atoms with Gasteiger partial charge in [-0.1, -0.05) is 17.7 Å². The van der Waals surface area contributed by atoms with E-state index in [2.05, 4.69) is 37.2 Å². The molecule has 3 N–H and O–H groups in total. The number of aromatic nitrogens is 3. The van der Waals surface area contributed by atoms with Gasteiger partial charge in [-0.2, -0.15) is 0 Å². The van der Waals surface area contributed by atoms with E-state index in [0.717, 1.165) is 55.0 Å². The van der Waals surface area contributed by atoms with E-state index in [-0.39, 0.29) is 18.8 Å². The molecule has 0 spiro atoms. The van der Waals surface area contributed by atoms with E-state index in [4.69, 9.17) is 21.3 Å². The van der Waals surface area contributed by atoms with Crippen molar-refractivity contribution in [2.45, 2.75) is 13.3 Å². The Labute approximate surface area is 242 Å². The zero-order chi connectivity index (χ0) is 28.9. The number of imidazole rings is 1. The lowest BCUT2D eigenvalue weighted by Crippen LogP contribution is -2.46. The molecule has 0 amide bonds. The van der Waals surface area contributed by atoms with Crippen molar-refractivity contribution in [1.82, 2.24) is 19.9 Å². The van der Waals surface area contributed by atoms with Crippen LogP contribution in [0.3, 0.4) is 0 Å². The van der Waals surface area contributed by atoms with Crippen LogP contribution in [0.4, 0.5) is 15.8 Å². The Hall–Kier alpha value is -4.11. The fourth-order valence-corrected chi connectivity index (χ4v) is 5.44. The number of hydrogen-bond donors (Lipinski definition) is 3. The molecule has 0 bridgehead atoms. The first-order valence-electron chi connectivity index (χ1n) is 13.5. The molecule has 11 heteroatoms. The highest BCUT2D eigenvalue weighted by Gasteiger charge is 2.20. The molecule has 0 atom stereocenters. The molecule has 0 unspecified atom stereocenters. The summed E-state index contributed by atoms with van der Waals surface area (Å²) in [5.74, 6) is 2.90. The second-order valence-electron chi connectivity index (χ2n) is 9.99. The Kier molecular flexibility index (Phi) is 8.73. The molecule has 1 aliphatic rings. The van der Waals surface area contributed by atoms with Gasteiger partial charge in [0.2, 0.25) is 0 Å². The number of benzene rings is 2. The third-order valence-corrected chi connectivity index (χ3v) is 7.68. The summed E-state index contributed by atoms with van der Waals surface area (Å²) >= 11 is 6.25. The fourth-order valence-electron chi connectivity index (χ4n) is 5.18. The van der Waals surface area contributed by atoms with Crippen LogP contribution < -0.4 is 20.5 Å². The van der Waals surface area contributed by atoms with Crippen molar-refractivity contribution >= 4 is 45.5 Å². The molecule has 2 aromatic heterocycles. The highest BCUT2D eigenvalue weighted by Crippen LogP contribution is 2.31. The molecule has 2 aromatic carbocycles. The molecule has 214 valence electrons. The highest BCUT2D eigenvalue weighted by atomic mass is 35.5. The summed E-state index contributed by atoms with van der Waals surface area (Å²) in [5, 5.41) is 3.58. The third kappa shape index (κ3) is 6.15. The van der Waals surface area contributed by atoms with Gasteiger partial charge < -0.3 is 24.9 Å². The number of hydrogen-bond acceptors (Lipinski definition) is 7. The number of alkyl halides is 1. The maximum absolute atomic E-state index is 13.0. The summed E-state index contributed by atoms with van der Waals surface area (Å²) < 4.78 is 17.8. The summed E-state index contributed by atoms with van der Waals surface area (Å²) in [4.78, 5) is 40.3. The number of H-pyrrole nitrogens is 2. The van der Waals surface area contributed by atoms with Crippen LogP contribution in [0.5, 0.6) is 5.75 Å². The molecule has 0 saturated carbocycles. The van der Waals surface area contributed by atoms with E-state index >= 15 is 0 Å². The molecule has 9 nitrogen and oxygen atoms in total. The lowest BCUT2D eigenvalue weighted by atomic mass is 10.1. The molecular weight excluding hydrogens is 547 g/mol. The summed E-state index contributed by atoms with van der Waals surface area (Å²) in [6.45, 7) is 6.11. The average molecular weight is 579 g/mol. The van der Waals surface area contributed by atoms with Crippen molar-refractivity contribution in [2.24, 2.45) is 0 Å². The first kappa shape index (κ1) is 28.4. The monoisotopic (exact) mass is 578 g/mol. The minimum Gasteiger partial charge on any atom is -0.495 e. The van der Waals surface area contributed by atoms with Gasteiger partial charge in [0.1, 0.15) is 23.1 Å². The largest absolute Gasteiger partial charge is 0.495 e. The fraction of sp³-hybridized carbons (Fsp3) is 0.333. The number of carbonyl (C=O) groups excluding carboxylic acids is 1. The Morgan fingerprint density at radius 2 is 2.00 bits per heavy atom.